The first-order chi connectivity index (χ1) is 13.2. The lowest BCUT2D eigenvalue weighted by Crippen LogP contribution is -2.41. The second-order valence-corrected chi connectivity index (χ2v) is 6.65. The molecule has 4 nitrogen and oxygen atoms in total. The van der Waals surface area contributed by atoms with Crippen molar-refractivity contribution in [3.8, 4) is 0 Å². The van der Waals surface area contributed by atoms with Crippen molar-refractivity contribution in [3.05, 3.63) is 71.8 Å². The molecule has 27 heavy (non-hydrogen) atoms. The summed E-state index contributed by atoms with van der Waals surface area (Å²) in [5.74, 6) is -0.243. The van der Waals surface area contributed by atoms with Gasteiger partial charge in [-0.1, -0.05) is 60.7 Å². The summed E-state index contributed by atoms with van der Waals surface area (Å²) in [6.45, 7) is 3.36. The van der Waals surface area contributed by atoms with Crippen LogP contribution in [0.4, 0.5) is 0 Å². The average molecular weight is 363 g/mol. The third-order valence-electron chi connectivity index (χ3n) is 4.83. The number of carbonyl (C=O) groups is 2. The van der Waals surface area contributed by atoms with Gasteiger partial charge in [0.2, 0.25) is 0 Å². The minimum Gasteiger partial charge on any atom is -0.466 e. The molecule has 0 saturated carbocycles. The third kappa shape index (κ3) is 4.85. The number of rotatable bonds is 5. The number of hydrogen-bond donors (Lipinski definition) is 0. The largest absolute Gasteiger partial charge is 0.466 e. The zero-order chi connectivity index (χ0) is 19.1. The molecule has 2 aromatic carbocycles. The van der Waals surface area contributed by atoms with E-state index in [-0.39, 0.29) is 17.8 Å². The van der Waals surface area contributed by atoms with E-state index in [1.807, 2.05) is 78.6 Å². The second kappa shape index (κ2) is 9.17. The number of ether oxygens (including phenoxy) is 1. The van der Waals surface area contributed by atoms with Crippen molar-refractivity contribution >= 4 is 23.5 Å². The van der Waals surface area contributed by atoms with Crippen molar-refractivity contribution in [3.63, 3.8) is 0 Å². The Hall–Kier alpha value is -2.88. The predicted molar refractivity (Wildman–Crippen MR) is 107 cm³/mol. The van der Waals surface area contributed by atoms with Gasteiger partial charge in [-0.15, -0.1) is 0 Å². The maximum absolute atomic E-state index is 13.2. The molecule has 0 radical (unpaired) electrons. The topological polar surface area (TPSA) is 46.6 Å². The van der Waals surface area contributed by atoms with Crippen LogP contribution in [0.15, 0.2) is 60.7 Å². The lowest BCUT2D eigenvalue weighted by molar-refractivity contribution is -0.150. The molecule has 3 rings (SSSR count). The molecule has 140 valence electrons. The summed E-state index contributed by atoms with van der Waals surface area (Å²) >= 11 is 0. The summed E-state index contributed by atoms with van der Waals surface area (Å²) in [7, 11) is 0. The number of likely N-dealkylation sites (tertiary alicyclic amines) is 1. The number of esters is 1. The smallest absolute Gasteiger partial charge is 0.309 e. The van der Waals surface area contributed by atoms with Crippen molar-refractivity contribution < 1.29 is 14.3 Å². The highest BCUT2D eigenvalue weighted by atomic mass is 16.5. The van der Waals surface area contributed by atoms with Crippen molar-refractivity contribution in [2.75, 3.05) is 19.7 Å². The number of benzene rings is 2. The molecule has 1 aliphatic rings. The molecule has 2 aromatic rings. The van der Waals surface area contributed by atoms with Gasteiger partial charge in [0.1, 0.15) is 0 Å². The van der Waals surface area contributed by atoms with E-state index >= 15 is 0 Å². The van der Waals surface area contributed by atoms with Crippen molar-refractivity contribution in [2.45, 2.75) is 19.8 Å². The van der Waals surface area contributed by atoms with Gasteiger partial charge in [0.25, 0.3) is 5.91 Å². The Morgan fingerprint density at radius 1 is 1.00 bits per heavy atom. The van der Waals surface area contributed by atoms with E-state index in [0.717, 1.165) is 11.1 Å². The first-order valence-electron chi connectivity index (χ1n) is 9.47. The molecule has 0 aromatic heterocycles. The lowest BCUT2D eigenvalue weighted by Gasteiger charge is -2.31. The Morgan fingerprint density at radius 3 is 2.19 bits per heavy atom. The predicted octanol–water partition coefficient (Wildman–Crippen LogP) is 4.03. The average Bonchev–Trinajstić information content (AvgIpc) is 2.73. The van der Waals surface area contributed by atoms with Gasteiger partial charge < -0.3 is 9.64 Å². The maximum atomic E-state index is 13.2. The van der Waals surface area contributed by atoms with Gasteiger partial charge in [-0.05, 0) is 37.0 Å². The summed E-state index contributed by atoms with van der Waals surface area (Å²) < 4.78 is 5.12. The van der Waals surface area contributed by atoms with Crippen LogP contribution in [-0.2, 0) is 14.3 Å². The van der Waals surface area contributed by atoms with Crippen LogP contribution in [-0.4, -0.2) is 36.5 Å². The first kappa shape index (κ1) is 18.9. The summed E-state index contributed by atoms with van der Waals surface area (Å²) in [4.78, 5) is 27.0. The van der Waals surface area contributed by atoms with Gasteiger partial charge in [0.05, 0.1) is 12.5 Å². The van der Waals surface area contributed by atoms with Crippen LogP contribution < -0.4 is 0 Å². The molecule has 0 spiro atoms. The van der Waals surface area contributed by atoms with Crippen molar-refractivity contribution in [1.82, 2.24) is 4.90 Å². The van der Waals surface area contributed by atoms with E-state index in [4.69, 9.17) is 4.74 Å². The van der Waals surface area contributed by atoms with Gasteiger partial charge in [-0.2, -0.15) is 0 Å². The van der Waals surface area contributed by atoms with Gasteiger partial charge in [-0.25, -0.2) is 0 Å². The van der Waals surface area contributed by atoms with Gasteiger partial charge in [-0.3, -0.25) is 9.59 Å². The molecule has 0 unspecified atom stereocenters. The molecule has 0 atom stereocenters. The van der Waals surface area contributed by atoms with Crippen LogP contribution in [0.2, 0.25) is 0 Å². The van der Waals surface area contributed by atoms with Crippen LogP contribution in [0.3, 0.4) is 0 Å². The summed E-state index contributed by atoms with van der Waals surface area (Å²) in [5, 5.41) is 0. The summed E-state index contributed by atoms with van der Waals surface area (Å²) in [6, 6.07) is 19.6. The van der Waals surface area contributed by atoms with E-state index in [9.17, 15) is 9.59 Å². The Balaban J connectivity index is 1.79. The fourth-order valence-electron chi connectivity index (χ4n) is 3.35. The number of piperidine rings is 1. The molecule has 0 N–H and O–H groups in total. The van der Waals surface area contributed by atoms with Crippen LogP contribution in [0.1, 0.15) is 30.9 Å². The van der Waals surface area contributed by atoms with Gasteiger partial charge in [0, 0.05) is 18.7 Å². The van der Waals surface area contributed by atoms with Crippen molar-refractivity contribution in [2.24, 2.45) is 5.92 Å². The molecule has 4 heteroatoms. The van der Waals surface area contributed by atoms with E-state index in [0.29, 0.717) is 38.1 Å². The molecule has 1 saturated heterocycles. The molecule has 1 amide bonds. The minimum atomic E-state index is -0.146. The molecule has 0 aliphatic carbocycles. The summed E-state index contributed by atoms with van der Waals surface area (Å²) in [6.07, 6.45) is 3.24. The highest BCUT2D eigenvalue weighted by Gasteiger charge is 2.29. The van der Waals surface area contributed by atoms with Gasteiger partial charge >= 0.3 is 5.97 Å². The minimum absolute atomic E-state index is 0.00682. The quantitative estimate of drug-likeness (QED) is 0.458. The molecule has 1 fully saturated rings. The maximum Gasteiger partial charge on any atom is 0.309 e. The Kier molecular flexibility index (Phi) is 6.42. The van der Waals surface area contributed by atoms with Crippen LogP contribution >= 0.6 is 0 Å². The van der Waals surface area contributed by atoms with E-state index in [2.05, 4.69) is 0 Å². The standard InChI is InChI=1S/C23H25NO3/c1-2-27-23(26)20-13-15-24(16-14-20)22(25)21(19-11-7-4-8-12-19)17-18-9-5-3-6-10-18/h3-12,17,20H,2,13-16H2,1H3/b21-17-. The SMILES string of the molecule is CCOC(=O)C1CCN(C(=O)/C(=C\c2ccccc2)c2ccccc2)CC1. The number of hydrogen-bond acceptors (Lipinski definition) is 3. The molecule has 1 heterocycles. The first-order valence-corrected chi connectivity index (χ1v) is 9.47. The van der Waals surface area contributed by atoms with Crippen LogP contribution in [0.5, 0.6) is 0 Å². The number of amides is 1. The monoisotopic (exact) mass is 363 g/mol. The fraction of sp³-hybridized carbons (Fsp3) is 0.304. The molecule has 0 bridgehead atoms. The number of nitrogens with zero attached hydrogens (tertiary/aromatic N) is 1. The third-order valence-corrected chi connectivity index (χ3v) is 4.83. The van der Waals surface area contributed by atoms with E-state index in [1.165, 1.54) is 0 Å². The van der Waals surface area contributed by atoms with E-state index in [1.54, 1.807) is 0 Å². The zero-order valence-corrected chi connectivity index (χ0v) is 15.6. The van der Waals surface area contributed by atoms with Crippen LogP contribution in [0.25, 0.3) is 11.6 Å². The fourth-order valence-corrected chi connectivity index (χ4v) is 3.35. The molecule has 1 aliphatic heterocycles. The van der Waals surface area contributed by atoms with E-state index < -0.39 is 0 Å². The Morgan fingerprint density at radius 2 is 1.59 bits per heavy atom. The molecular weight excluding hydrogens is 338 g/mol. The lowest BCUT2D eigenvalue weighted by atomic mass is 9.95. The van der Waals surface area contributed by atoms with Gasteiger partial charge in [0.15, 0.2) is 0 Å². The Bertz CT molecular complexity index is 791. The number of carbonyl (C=O) groups excluding carboxylic acids is 2. The highest BCUT2D eigenvalue weighted by molar-refractivity contribution is 6.24. The summed E-state index contributed by atoms with van der Waals surface area (Å²) in [5.41, 5.74) is 2.57. The highest BCUT2D eigenvalue weighted by Crippen LogP contribution is 2.25. The normalized spacial score (nSPS) is 15.4. The van der Waals surface area contributed by atoms with Crippen LogP contribution in [0, 0.1) is 5.92 Å². The van der Waals surface area contributed by atoms with Crippen molar-refractivity contribution in [1.29, 1.82) is 0 Å². The second-order valence-electron chi connectivity index (χ2n) is 6.65. The zero-order valence-electron chi connectivity index (χ0n) is 15.6. The molecular formula is C23H25NO3. The Labute approximate surface area is 160 Å².